The molecule has 0 aromatic heterocycles. The number of rotatable bonds is 8. The number of benzene rings is 1. The summed E-state index contributed by atoms with van der Waals surface area (Å²) in [4.78, 5) is 25.4. The third-order valence-electron chi connectivity index (χ3n) is 4.18. The molecule has 0 N–H and O–H groups in total. The molecular weight excluding hydrogens is 328 g/mol. The van der Waals surface area contributed by atoms with Crippen LogP contribution in [-0.4, -0.2) is 55.8 Å². The van der Waals surface area contributed by atoms with Crippen molar-refractivity contribution >= 4 is 11.6 Å². The summed E-state index contributed by atoms with van der Waals surface area (Å²) in [6.45, 7) is 6.28. The van der Waals surface area contributed by atoms with E-state index in [0.29, 0.717) is 38.7 Å². The highest BCUT2D eigenvalue weighted by molar-refractivity contribution is 5.99. The molecule has 1 saturated heterocycles. The zero-order valence-electron chi connectivity index (χ0n) is 14.8. The fourth-order valence-electron chi connectivity index (χ4n) is 2.86. The van der Waals surface area contributed by atoms with Gasteiger partial charge in [0.2, 0.25) is 0 Å². The van der Waals surface area contributed by atoms with Crippen molar-refractivity contribution in [3.05, 3.63) is 27.8 Å². The number of hydrogen-bond acceptors (Lipinski definition) is 6. The number of amides is 1. The van der Waals surface area contributed by atoms with Gasteiger partial charge in [0.1, 0.15) is 5.56 Å². The summed E-state index contributed by atoms with van der Waals surface area (Å²) < 4.78 is 16.0. The summed E-state index contributed by atoms with van der Waals surface area (Å²) in [5.41, 5.74) is -0.276. The highest BCUT2D eigenvalue weighted by atomic mass is 16.6. The summed E-state index contributed by atoms with van der Waals surface area (Å²) in [7, 11) is 1.40. The van der Waals surface area contributed by atoms with Crippen molar-refractivity contribution in [2.45, 2.75) is 20.3 Å². The molecule has 25 heavy (non-hydrogen) atoms. The monoisotopic (exact) mass is 352 g/mol. The summed E-state index contributed by atoms with van der Waals surface area (Å²) in [6.07, 6.45) is 0.888. The van der Waals surface area contributed by atoms with Gasteiger partial charge in [-0.05, 0) is 20.3 Å². The lowest BCUT2D eigenvalue weighted by atomic mass is 10.1. The van der Waals surface area contributed by atoms with Gasteiger partial charge < -0.3 is 19.1 Å². The van der Waals surface area contributed by atoms with E-state index in [1.807, 2.05) is 6.92 Å². The molecule has 8 nitrogen and oxygen atoms in total. The maximum Gasteiger partial charge on any atom is 0.286 e. The van der Waals surface area contributed by atoms with Crippen LogP contribution in [0.15, 0.2) is 12.1 Å². The van der Waals surface area contributed by atoms with Crippen molar-refractivity contribution < 1.29 is 23.9 Å². The lowest BCUT2D eigenvalue weighted by Crippen LogP contribution is -2.35. The molecule has 1 aromatic rings. The average Bonchev–Trinajstić information content (AvgIpc) is 3.12. The number of nitro benzene ring substituents is 1. The van der Waals surface area contributed by atoms with Crippen LogP contribution in [0.3, 0.4) is 0 Å². The van der Waals surface area contributed by atoms with E-state index in [-0.39, 0.29) is 28.8 Å². The van der Waals surface area contributed by atoms with Crippen molar-refractivity contribution in [2.24, 2.45) is 5.92 Å². The van der Waals surface area contributed by atoms with Crippen molar-refractivity contribution in [1.82, 2.24) is 4.90 Å². The minimum absolute atomic E-state index is 0.00927. The highest BCUT2D eigenvalue weighted by Crippen LogP contribution is 2.35. The van der Waals surface area contributed by atoms with Gasteiger partial charge in [0.05, 0.1) is 31.3 Å². The Hall–Kier alpha value is -2.35. The summed E-state index contributed by atoms with van der Waals surface area (Å²) >= 11 is 0. The van der Waals surface area contributed by atoms with Crippen LogP contribution in [0.5, 0.6) is 11.5 Å². The lowest BCUT2D eigenvalue weighted by molar-refractivity contribution is -0.385. The molecule has 1 fully saturated rings. The third kappa shape index (κ3) is 4.39. The van der Waals surface area contributed by atoms with Crippen LogP contribution in [0, 0.1) is 16.0 Å². The highest BCUT2D eigenvalue weighted by Gasteiger charge is 2.29. The predicted octanol–water partition coefficient (Wildman–Crippen LogP) is 2.50. The van der Waals surface area contributed by atoms with E-state index in [0.717, 1.165) is 6.42 Å². The molecule has 1 amide bonds. The second-order valence-corrected chi connectivity index (χ2v) is 5.78. The van der Waals surface area contributed by atoms with Gasteiger partial charge in [-0.25, -0.2) is 0 Å². The van der Waals surface area contributed by atoms with Crippen LogP contribution in [0.4, 0.5) is 5.69 Å². The fraction of sp³-hybridized carbons (Fsp3) is 0.588. The largest absolute Gasteiger partial charge is 0.493 e. The van der Waals surface area contributed by atoms with Crippen LogP contribution in [0.2, 0.25) is 0 Å². The molecule has 1 aliphatic rings. The van der Waals surface area contributed by atoms with Crippen LogP contribution >= 0.6 is 0 Å². The first-order valence-electron chi connectivity index (χ1n) is 8.38. The van der Waals surface area contributed by atoms with Gasteiger partial charge in [0, 0.05) is 31.7 Å². The Morgan fingerprint density at radius 3 is 2.68 bits per heavy atom. The first-order chi connectivity index (χ1) is 12.0. The van der Waals surface area contributed by atoms with Crippen molar-refractivity contribution in [2.75, 3.05) is 40.0 Å². The van der Waals surface area contributed by atoms with Gasteiger partial charge in [-0.2, -0.15) is 0 Å². The molecule has 2 rings (SSSR count). The number of methoxy groups -OCH3 is 1. The van der Waals surface area contributed by atoms with Crippen molar-refractivity contribution in [3.8, 4) is 11.5 Å². The molecule has 0 bridgehead atoms. The molecule has 1 atom stereocenters. The molecule has 1 heterocycles. The molecule has 8 heteroatoms. The van der Waals surface area contributed by atoms with Gasteiger partial charge in [0.15, 0.2) is 11.5 Å². The Balaban J connectivity index is 2.37. The minimum Gasteiger partial charge on any atom is -0.493 e. The van der Waals surface area contributed by atoms with E-state index in [1.165, 1.54) is 19.2 Å². The minimum atomic E-state index is -0.571. The lowest BCUT2D eigenvalue weighted by Gasteiger charge is -2.24. The van der Waals surface area contributed by atoms with Gasteiger partial charge in [-0.1, -0.05) is 0 Å². The number of ether oxygens (including phenoxy) is 3. The van der Waals surface area contributed by atoms with E-state index in [1.54, 1.807) is 11.8 Å². The van der Waals surface area contributed by atoms with Gasteiger partial charge in [-0.15, -0.1) is 0 Å². The number of carbonyl (C=O) groups excluding carboxylic acids is 1. The van der Waals surface area contributed by atoms with Crippen LogP contribution < -0.4 is 9.47 Å². The maximum atomic E-state index is 12.9. The normalized spacial score (nSPS) is 16.5. The number of carbonyl (C=O) groups is 1. The molecule has 0 saturated carbocycles. The number of hydrogen-bond donors (Lipinski definition) is 0. The zero-order chi connectivity index (χ0) is 18.4. The molecule has 138 valence electrons. The van der Waals surface area contributed by atoms with Gasteiger partial charge >= 0.3 is 0 Å². The first-order valence-corrected chi connectivity index (χ1v) is 8.38. The Kier molecular flexibility index (Phi) is 6.58. The van der Waals surface area contributed by atoms with E-state index in [2.05, 4.69) is 0 Å². The van der Waals surface area contributed by atoms with Crippen molar-refractivity contribution in [1.29, 1.82) is 0 Å². The van der Waals surface area contributed by atoms with E-state index in [9.17, 15) is 14.9 Å². The smallest absolute Gasteiger partial charge is 0.286 e. The molecule has 0 spiro atoms. The Morgan fingerprint density at radius 2 is 2.16 bits per heavy atom. The fourth-order valence-corrected chi connectivity index (χ4v) is 2.86. The molecule has 0 radical (unpaired) electrons. The van der Waals surface area contributed by atoms with E-state index < -0.39 is 4.92 Å². The van der Waals surface area contributed by atoms with Crippen LogP contribution in [-0.2, 0) is 4.74 Å². The zero-order valence-corrected chi connectivity index (χ0v) is 14.8. The molecule has 0 aliphatic carbocycles. The summed E-state index contributed by atoms with van der Waals surface area (Å²) in [5, 5.41) is 11.4. The van der Waals surface area contributed by atoms with Gasteiger partial charge in [0.25, 0.3) is 11.6 Å². The number of nitro groups is 1. The predicted molar refractivity (Wildman–Crippen MR) is 91.3 cm³/mol. The quantitative estimate of drug-likeness (QED) is 0.527. The standard InChI is InChI=1S/C17H24N2O6/c1-4-18(10-12-6-7-24-11-12)17(20)13-8-16(25-5-2)15(23-3)9-14(13)19(21)22/h8-9,12H,4-7,10-11H2,1-3H3. The number of nitrogens with zero attached hydrogens (tertiary/aromatic N) is 2. The van der Waals surface area contributed by atoms with Crippen LogP contribution in [0.25, 0.3) is 0 Å². The summed E-state index contributed by atoms with van der Waals surface area (Å²) in [5.74, 6) is 0.425. The second kappa shape index (κ2) is 8.66. The second-order valence-electron chi connectivity index (χ2n) is 5.78. The molecule has 1 unspecified atom stereocenters. The van der Waals surface area contributed by atoms with Gasteiger partial charge in [-0.3, -0.25) is 14.9 Å². The average molecular weight is 352 g/mol. The summed E-state index contributed by atoms with van der Waals surface area (Å²) in [6, 6.07) is 2.64. The molecular formula is C17H24N2O6. The Labute approximate surface area is 146 Å². The maximum absolute atomic E-state index is 12.9. The molecule has 1 aromatic carbocycles. The van der Waals surface area contributed by atoms with Crippen molar-refractivity contribution in [3.63, 3.8) is 0 Å². The molecule has 1 aliphatic heterocycles. The van der Waals surface area contributed by atoms with E-state index in [4.69, 9.17) is 14.2 Å². The third-order valence-corrected chi connectivity index (χ3v) is 4.18. The van der Waals surface area contributed by atoms with E-state index >= 15 is 0 Å². The SMILES string of the molecule is CCOc1cc(C(=O)N(CC)CC2CCOC2)c([N+](=O)[O-])cc1OC. The Morgan fingerprint density at radius 1 is 1.40 bits per heavy atom. The van der Waals surface area contributed by atoms with Crippen LogP contribution in [0.1, 0.15) is 30.6 Å². The Bertz CT molecular complexity index is 628. The topological polar surface area (TPSA) is 91.1 Å². The first kappa shape index (κ1) is 19.0.